The summed E-state index contributed by atoms with van der Waals surface area (Å²) in [5.41, 5.74) is 7.41. The number of benzene rings is 1. The van der Waals surface area contributed by atoms with Gasteiger partial charge in [0, 0.05) is 37.3 Å². The molecule has 0 bridgehead atoms. The molecule has 3 N–H and O–H groups in total. The first-order valence-electron chi connectivity index (χ1n) is 7.41. The summed E-state index contributed by atoms with van der Waals surface area (Å²) in [5.74, 6) is -0.282. The molecule has 1 amide bonds. The highest BCUT2D eigenvalue weighted by Crippen LogP contribution is 2.17. The summed E-state index contributed by atoms with van der Waals surface area (Å²) in [6.07, 6.45) is 0.332. The maximum absolute atomic E-state index is 11.0. The van der Waals surface area contributed by atoms with Gasteiger partial charge in [0.15, 0.2) is 0 Å². The summed E-state index contributed by atoms with van der Waals surface area (Å²) >= 11 is 0. The largest absolute Gasteiger partial charge is 0.378 e. The second-order valence-electron chi connectivity index (χ2n) is 6.15. The Morgan fingerprint density at radius 2 is 1.90 bits per heavy atom. The predicted molar refractivity (Wildman–Crippen MR) is 84.2 cm³/mol. The molecule has 21 heavy (non-hydrogen) atoms. The van der Waals surface area contributed by atoms with Gasteiger partial charge >= 0.3 is 0 Å². The number of morpholine rings is 1. The van der Waals surface area contributed by atoms with Crippen LogP contribution in [0.4, 0.5) is 5.69 Å². The summed E-state index contributed by atoms with van der Waals surface area (Å²) in [6, 6.07) is 8.53. The maximum Gasteiger partial charge on any atom is 0.219 e. The fraction of sp³-hybridized carbons (Fsp3) is 0.562. The normalized spacial score (nSPS) is 16.0. The van der Waals surface area contributed by atoms with E-state index in [0.717, 1.165) is 32.8 Å². The summed E-state index contributed by atoms with van der Waals surface area (Å²) in [7, 11) is 0. The molecule has 0 aliphatic carbocycles. The van der Waals surface area contributed by atoms with Gasteiger partial charge in [-0.05, 0) is 31.5 Å². The number of amides is 1. The van der Waals surface area contributed by atoms with Crippen LogP contribution in [-0.2, 0) is 16.1 Å². The Morgan fingerprint density at radius 3 is 2.48 bits per heavy atom. The van der Waals surface area contributed by atoms with Crippen molar-refractivity contribution in [3.63, 3.8) is 0 Å². The van der Waals surface area contributed by atoms with Crippen LogP contribution < -0.4 is 16.0 Å². The standard InChI is InChI=1S/C16H25N3O2/c1-16(2,11-15(17)20)18-12-13-3-5-14(6-4-13)19-7-9-21-10-8-19/h3-6,18H,7-12H2,1-2H3,(H2,17,20). The second-order valence-corrected chi connectivity index (χ2v) is 6.15. The highest BCUT2D eigenvalue weighted by atomic mass is 16.5. The van der Waals surface area contributed by atoms with E-state index in [-0.39, 0.29) is 11.4 Å². The van der Waals surface area contributed by atoms with E-state index in [2.05, 4.69) is 34.5 Å². The minimum absolute atomic E-state index is 0.282. The van der Waals surface area contributed by atoms with Crippen LogP contribution in [0.3, 0.4) is 0 Å². The first kappa shape index (κ1) is 15.8. The van der Waals surface area contributed by atoms with Crippen molar-refractivity contribution in [2.24, 2.45) is 5.73 Å². The zero-order chi connectivity index (χ0) is 15.3. The van der Waals surface area contributed by atoms with Gasteiger partial charge in [-0.3, -0.25) is 4.79 Å². The molecule has 1 saturated heterocycles. The fourth-order valence-electron chi connectivity index (χ4n) is 2.49. The first-order valence-corrected chi connectivity index (χ1v) is 7.41. The van der Waals surface area contributed by atoms with Gasteiger partial charge in [0.2, 0.25) is 5.91 Å². The molecule has 5 nitrogen and oxygen atoms in total. The lowest BCUT2D eigenvalue weighted by Crippen LogP contribution is -2.42. The van der Waals surface area contributed by atoms with Crippen molar-refractivity contribution in [1.29, 1.82) is 0 Å². The van der Waals surface area contributed by atoms with Crippen LogP contribution in [0.1, 0.15) is 25.8 Å². The van der Waals surface area contributed by atoms with Crippen molar-refractivity contribution in [2.75, 3.05) is 31.2 Å². The van der Waals surface area contributed by atoms with Crippen molar-refractivity contribution >= 4 is 11.6 Å². The molecule has 1 heterocycles. The number of ether oxygens (including phenoxy) is 1. The quantitative estimate of drug-likeness (QED) is 0.828. The highest BCUT2D eigenvalue weighted by Gasteiger charge is 2.19. The molecule has 1 aliphatic heterocycles. The number of anilines is 1. The van der Waals surface area contributed by atoms with Gasteiger partial charge in [-0.15, -0.1) is 0 Å². The van der Waals surface area contributed by atoms with Gasteiger partial charge < -0.3 is 20.7 Å². The van der Waals surface area contributed by atoms with E-state index in [1.54, 1.807) is 0 Å². The lowest BCUT2D eigenvalue weighted by atomic mass is 10.00. The fourth-order valence-corrected chi connectivity index (χ4v) is 2.49. The third-order valence-corrected chi connectivity index (χ3v) is 3.70. The number of hydrogen-bond donors (Lipinski definition) is 2. The highest BCUT2D eigenvalue weighted by molar-refractivity contribution is 5.75. The molecular formula is C16H25N3O2. The van der Waals surface area contributed by atoms with E-state index in [1.165, 1.54) is 11.3 Å². The molecule has 0 aromatic heterocycles. The van der Waals surface area contributed by atoms with Crippen LogP contribution in [0.15, 0.2) is 24.3 Å². The Labute approximate surface area is 126 Å². The maximum atomic E-state index is 11.0. The monoisotopic (exact) mass is 291 g/mol. The minimum Gasteiger partial charge on any atom is -0.378 e. The number of nitrogens with two attached hydrogens (primary N) is 1. The zero-order valence-electron chi connectivity index (χ0n) is 12.9. The minimum atomic E-state index is -0.283. The van der Waals surface area contributed by atoms with Crippen LogP contribution >= 0.6 is 0 Å². The third-order valence-electron chi connectivity index (χ3n) is 3.70. The lowest BCUT2D eigenvalue weighted by molar-refractivity contribution is -0.119. The van der Waals surface area contributed by atoms with Crippen LogP contribution in [-0.4, -0.2) is 37.7 Å². The summed E-state index contributed by atoms with van der Waals surface area (Å²) in [6.45, 7) is 8.19. The van der Waals surface area contributed by atoms with Gasteiger partial charge in [-0.2, -0.15) is 0 Å². The molecule has 1 aromatic rings. The number of hydrogen-bond acceptors (Lipinski definition) is 4. The van der Waals surface area contributed by atoms with Crippen molar-refractivity contribution < 1.29 is 9.53 Å². The third kappa shape index (κ3) is 5.02. The average molecular weight is 291 g/mol. The van der Waals surface area contributed by atoms with E-state index in [9.17, 15) is 4.79 Å². The number of nitrogens with zero attached hydrogens (tertiary/aromatic N) is 1. The Bertz CT molecular complexity index is 465. The predicted octanol–water partition coefficient (Wildman–Crippen LogP) is 1.27. The second kappa shape index (κ2) is 6.91. The first-order chi connectivity index (χ1) is 9.96. The average Bonchev–Trinajstić information content (AvgIpc) is 2.45. The molecule has 0 unspecified atom stereocenters. The van der Waals surface area contributed by atoms with E-state index in [0.29, 0.717) is 6.42 Å². The van der Waals surface area contributed by atoms with E-state index in [1.807, 2.05) is 13.8 Å². The Balaban J connectivity index is 1.88. The summed E-state index contributed by atoms with van der Waals surface area (Å²) in [5, 5.41) is 3.37. The van der Waals surface area contributed by atoms with E-state index >= 15 is 0 Å². The van der Waals surface area contributed by atoms with Gasteiger partial charge in [-0.1, -0.05) is 12.1 Å². The number of carbonyl (C=O) groups excluding carboxylic acids is 1. The van der Waals surface area contributed by atoms with Crippen LogP contribution in [0.5, 0.6) is 0 Å². The zero-order valence-corrected chi connectivity index (χ0v) is 12.9. The van der Waals surface area contributed by atoms with Crippen LogP contribution in [0.2, 0.25) is 0 Å². The molecule has 1 fully saturated rings. The summed E-state index contributed by atoms with van der Waals surface area (Å²) in [4.78, 5) is 13.3. The summed E-state index contributed by atoms with van der Waals surface area (Å²) < 4.78 is 5.36. The Kier molecular flexibility index (Phi) is 5.20. The molecule has 116 valence electrons. The number of rotatable bonds is 6. The van der Waals surface area contributed by atoms with Crippen LogP contribution in [0.25, 0.3) is 0 Å². The van der Waals surface area contributed by atoms with Crippen molar-refractivity contribution in [3.8, 4) is 0 Å². The number of carbonyl (C=O) groups is 1. The molecule has 2 rings (SSSR count). The SMILES string of the molecule is CC(C)(CC(N)=O)NCc1ccc(N2CCOCC2)cc1. The molecule has 5 heteroatoms. The molecule has 0 radical (unpaired) electrons. The molecule has 0 saturated carbocycles. The molecular weight excluding hydrogens is 266 g/mol. The Hall–Kier alpha value is -1.59. The van der Waals surface area contributed by atoms with Gasteiger partial charge in [0.25, 0.3) is 0 Å². The van der Waals surface area contributed by atoms with Crippen molar-refractivity contribution in [2.45, 2.75) is 32.4 Å². The number of primary amides is 1. The number of nitrogens with one attached hydrogen (secondary N) is 1. The van der Waals surface area contributed by atoms with Gasteiger partial charge in [0.1, 0.15) is 0 Å². The molecule has 0 spiro atoms. The Morgan fingerprint density at radius 1 is 1.29 bits per heavy atom. The topological polar surface area (TPSA) is 67.6 Å². The molecule has 1 aliphatic rings. The smallest absolute Gasteiger partial charge is 0.219 e. The lowest BCUT2D eigenvalue weighted by Gasteiger charge is -2.29. The van der Waals surface area contributed by atoms with Crippen LogP contribution in [0, 0.1) is 0 Å². The van der Waals surface area contributed by atoms with Crippen molar-refractivity contribution in [1.82, 2.24) is 5.32 Å². The molecule has 0 atom stereocenters. The van der Waals surface area contributed by atoms with E-state index in [4.69, 9.17) is 10.5 Å². The van der Waals surface area contributed by atoms with Gasteiger partial charge in [0.05, 0.1) is 13.2 Å². The van der Waals surface area contributed by atoms with Gasteiger partial charge in [-0.25, -0.2) is 0 Å². The molecule has 1 aromatic carbocycles. The van der Waals surface area contributed by atoms with E-state index < -0.39 is 0 Å². The van der Waals surface area contributed by atoms with Crippen molar-refractivity contribution in [3.05, 3.63) is 29.8 Å².